The molecule has 2 aromatic rings. The van der Waals surface area contributed by atoms with E-state index >= 15 is 0 Å². The third kappa shape index (κ3) is 5.33. The number of thioether (sulfide) groups is 2. The van der Waals surface area contributed by atoms with Crippen LogP contribution in [0.1, 0.15) is 6.92 Å². The lowest BCUT2D eigenvalue weighted by molar-refractivity contribution is 0.270. The summed E-state index contributed by atoms with van der Waals surface area (Å²) < 4.78 is 11.4. The summed E-state index contributed by atoms with van der Waals surface area (Å²) in [7, 11) is 1.73. The van der Waals surface area contributed by atoms with Crippen LogP contribution in [0.2, 0.25) is 0 Å². The Labute approximate surface area is 158 Å². The fraction of sp³-hybridized carbons (Fsp3) is 0.400. The minimum Gasteiger partial charge on any atom is -0.496 e. The quantitative estimate of drug-likeness (QED) is 0.717. The second-order valence-electron chi connectivity index (χ2n) is 6.24. The molecule has 2 aromatic carbocycles. The zero-order chi connectivity index (χ0) is 17.5. The standard InChI is InChI=1S/C20H25NO2S2/c1-15(13-24-19-9-5-3-7-17(19)22-2)11-21-16-12-23-18-8-4-6-10-20(18)25-14-16/h3-10,15-16,21H,11-14H2,1-2H3/t15-,16+/m1/s1. The van der Waals surface area contributed by atoms with Crippen molar-refractivity contribution in [3.8, 4) is 11.5 Å². The molecule has 0 aromatic heterocycles. The molecule has 0 saturated carbocycles. The van der Waals surface area contributed by atoms with E-state index in [4.69, 9.17) is 9.47 Å². The highest BCUT2D eigenvalue weighted by atomic mass is 32.2. The van der Waals surface area contributed by atoms with E-state index in [1.165, 1.54) is 9.79 Å². The molecule has 0 amide bonds. The molecule has 134 valence electrons. The predicted octanol–water partition coefficient (Wildman–Crippen LogP) is 4.57. The Bertz CT molecular complexity index is 653. The lowest BCUT2D eigenvalue weighted by atomic mass is 10.2. The summed E-state index contributed by atoms with van der Waals surface area (Å²) >= 11 is 3.73. The molecule has 1 heterocycles. The molecule has 1 N–H and O–H groups in total. The summed E-state index contributed by atoms with van der Waals surface area (Å²) in [6, 6.07) is 16.9. The number of para-hydroxylation sites is 2. The largest absolute Gasteiger partial charge is 0.496 e. The van der Waals surface area contributed by atoms with Gasteiger partial charge < -0.3 is 14.8 Å². The summed E-state index contributed by atoms with van der Waals surface area (Å²) in [6.07, 6.45) is 0. The topological polar surface area (TPSA) is 30.5 Å². The van der Waals surface area contributed by atoms with Crippen molar-refractivity contribution in [3.05, 3.63) is 48.5 Å². The van der Waals surface area contributed by atoms with Crippen LogP contribution in [0.5, 0.6) is 11.5 Å². The zero-order valence-electron chi connectivity index (χ0n) is 14.7. The molecule has 0 aliphatic carbocycles. The fourth-order valence-electron chi connectivity index (χ4n) is 2.63. The maximum absolute atomic E-state index is 5.95. The first kappa shape index (κ1) is 18.5. The average Bonchev–Trinajstić information content (AvgIpc) is 2.87. The van der Waals surface area contributed by atoms with Gasteiger partial charge in [0.05, 0.1) is 13.2 Å². The van der Waals surface area contributed by atoms with Crippen LogP contribution in [0, 0.1) is 5.92 Å². The molecular weight excluding hydrogens is 350 g/mol. The van der Waals surface area contributed by atoms with Crippen LogP contribution in [0.4, 0.5) is 0 Å². The van der Waals surface area contributed by atoms with E-state index in [1.54, 1.807) is 7.11 Å². The first-order chi connectivity index (χ1) is 12.3. The van der Waals surface area contributed by atoms with Gasteiger partial charge in [-0.15, -0.1) is 23.5 Å². The Balaban J connectivity index is 1.43. The Morgan fingerprint density at radius 3 is 2.92 bits per heavy atom. The summed E-state index contributed by atoms with van der Waals surface area (Å²) in [5, 5.41) is 3.67. The van der Waals surface area contributed by atoms with E-state index in [0.717, 1.165) is 36.2 Å². The molecular formula is C20H25NO2S2. The molecule has 1 aliphatic heterocycles. The number of ether oxygens (including phenoxy) is 2. The number of methoxy groups -OCH3 is 1. The highest BCUT2D eigenvalue weighted by molar-refractivity contribution is 7.99. The van der Waals surface area contributed by atoms with Crippen LogP contribution >= 0.6 is 23.5 Å². The molecule has 2 atom stereocenters. The molecule has 25 heavy (non-hydrogen) atoms. The van der Waals surface area contributed by atoms with Gasteiger partial charge >= 0.3 is 0 Å². The molecule has 5 heteroatoms. The lowest BCUT2D eigenvalue weighted by Gasteiger charge is -2.19. The van der Waals surface area contributed by atoms with Gasteiger partial charge in [0.2, 0.25) is 0 Å². The molecule has 0 radical (unpaired) electrons. The van der Waals surface area contributed by atoms with E-state index in [0.29, 0.717) is 12.0 Å². The van der Waals surface area contributed by atoms with Gasteiger partial charge in [0, 0.05) is 21.3 Å². The zero-order valence-corrected chi connectivity index (χ0v) is 16.4. The van der Waals surface area contributed by atoms with Gasteiger partial charge in [-0.25, -0.2) is 0 Å². The Hall–Kier alpha value is -1.30. The van der Waals surface area contributed by atoms with Gasteiger partial charge in [0.25, 0.3) is 0 Å². The van der Waals surface area contributed by atoms with Crippen LogP contribution < -0.4 is 14.8 Å². The van der Waals surface area contributed by atoms with Crippen molar-refractivity contribution in [2.45, 2.75) is 22.8 Å². The molecule has 3 rings (SSSR count). The summed E-state index contributed by atoms with van der Waals surface area (Å²) in [5.41, 5.74) is 0. The Kier molecular flexibility index (Phi) is 6.96. The van der Waals surface area contributed by atoms with Gasteiger partial charge in [-0.1, -0.05) is 31.2 Å². The van der Waals surface area contributed by atoms with Gasteiger partial charge in [0.1, 0.15) is 18.1 Å². The lowest BCUT2D eigenvalue weighted by Crippen LogP contribution is -2.39. The van der Waals surface area contributed by atoms with Crippen molar-refractivity contribution in [2.75, 3.05) is 31.8 Å². The van der Waals surface area contributed by atoms with Crippen LogP contribution in [0.25, 0.3) is 0 Å². The van der Waals surface area contributed by atoms with Gasteiger partial charge in [-0.05, 0) is 36.7 Å². The van der Waals surface area contributed by atoms with Crippen molar-refractivity contribution >= 4 is 23.5 Å². The van der Waals surface area contributed by atoms with Crippen LogP contribution in [0.15, 0.2) is 58.3 Å². The summed E-state index contributed by atoms with van der Waals surface area (Å²) in [4.78, 5) is 2.45. The molecule has 0 saturated heterocycles. The minimum atomic E-state index is 0.385. The molecule has 0 fully saturated rings. The summed E-state index contributed by atoms with van der Waals surface area (Å²) in [6.45, 7) is 4.01. The van der Waals surface area contributed by atoms with Crippen molar-refractivity contribution in [1.82, 2.24) is 5.32 Å². The normalized spacial score (nSPS) is 17.9. The van der Waals surface area contributed by atoms with Crippen LogP contribution in [-0.2, 0) is 0 Å². The molecule has 0 spiro atoms. The van der Waals surface area contributed by atoms with E-state index in [9.17, 15) is 0 Å². The van der Waals surface area contributed by atoms with Crippen molar-refractivity contribution in [2.24, 2.45) is 5.92 Å². The van der Waals surface area contributed by atoms with E-state index in [-0.39, 0.29) is 0 Å². The first-order valence-corrected chi connectivity index (χ1v) is 10.6. The smallest absolute Gasteiger partial charge is 0.132 e. The fourth-order valence-corrected chi connectivity index (χ4v) is 4.72. The first-order valence-electron chi connectivity index (χ1n) is 8.60. The maximum Gasteiger partial charge on any atom is 0.132 e. The predicted molar refractivity (Wildman–Crippen MR) is 107 cm³/mol. The third-order valence-electron chi connectivity index (χ3n) is 4.08. The maximum atomic E-state index is 5.95. The highest BCUT2D eigenvalue weighted by Gasteiger charge is 2.17. The van der Waals surface area contributed by atoms with E-state index in [2.05, 4.69) is 42.6 Å². The number of benzene rings is 2. The molecule has 0 bridgehead atoms. The van der Waals surface area contributed by atoms with Crippen molar-refractivity contribution in [3.63, 3.8) is 0 Å². The van der Waals surface area contributed by atoms with Gasteiger partial charge in [0.15, 0.2) is 0 Å². The number of nitrogens with one attached hydrogen (secondary N) is 1. The van der Waals surface area contributed by atoms with Crippen molar-refractivity contribution in [1.29, 1.82) is 0 Å². The number of fused-ring (bicyclic) bond motifs is 1. The number of rotatable bonds is 7. The second-order valence-corrected chi connectivity index (χ2v) is 8.36. The molecule has 3 nitrogen and oxygen atoms in total. The Morgan fingerprint density at radius 1 is 1.24 bits per heavy atom. The number of hydrogen-bond acceptors (Lipinski definition) is 5. The minimum absolute atomic E-state index is 0.385. The van der Waals surface area contributed by atoms with Crippen molar-refractivity contribution < 1.29 is 9.47 Å². The highest BCUT2D eigenvalue weighted by Crippen LogP contribution is 2.32. The second kappa shape index (κ2) is 9.41. The summed E-state index contributed by atoms with van der Waals surface area (Å²) in [5.74, 6) is 4.65. The van der Waals surface area contributed by atoms with Gasteiger partial charge in [-0.2, -0.15) is 0 Å². The Morgan fingerprint density at radius 2 is 2.04 bits per heavy atom. The van der Waals surface area contributed by atoms with Gasteiger partial charge in [-0.3, -0.25) is 0 Å². The third-order valence-corrected chi connectivity index (χ3v) is 6.68. The van der Waals surface area contributed by atoms with Crippen LogP contribution in [-0.4, -0.2) is 37.8 Å². The van der Waals surface area contributed by atoms with E-state index in [1.807, 2.05) is 41.7 Å². The van der Waals surface area contributed by atoms with Crippen LogP contribution in [0.3, 0.4) is 0 Å². The monoisotopic (exact) mass is 375 g/mol. The molecule has 0 unspecified atom stereocenters. The number of hydrogen-bond donors (Lipinski definition) is 1. The molecule has 1 aliphatic rings. The van der Waals surface area contributed by atoms with E-state index < -0.39 is 0 Å². The SMILES string of the molecule is COc1ccccc1SC[C@H](C)CN[C@H]1COc2ccccc2SC1. The average molecular weight is 376 g/mol.